The van der Waals surface area contributed by atoms with Crippen LogP contribution in [0.1, 0.15) is 44.9 Å². The van der Waals surface area contributed by atoms with Gasteiger partial charge < -0.3 is 15.0 Å². The molecule has 4 amide bonds. The molecule has 5 aliphatic rings. The third kappa shape index (κ3) is 3.92. The average molecular weight is 479 g/mol. The molecule has 4 saturated heterocycles. The normalized spacial score (nSPS) is 32.5. The molecule has 1 aromatic carbocycles. The Morgan fingerprint density at radius 3 is 2.74 bits per heavy atom. The van der Waals surface area contributed by atoms with Crippen LogP contribution in [-0.4, -0.2) is 72.5 Å². The molecule has 4 fully saturated rings. The first-order valence-electron chi connectivity index (χ1n) is 13.1. The molecular formula is C27H34N4O4. The van der Waals surface area contributed by atoms with E-state index in [1.807, 2.05) is 4.90 Å². The van der Waals surface area contributed by atoms with E-state index in [0.29, 0.717) is 29.3 Å². The molecule has 2 bridgehead atoms. The molecule has 0 saturated carbocycles. The lowest BCUT2D eigenvalue weighted by molar-refractivity contribution is -0.138. The number of carbonyl (C=O) groups is 3. The maximum atomic E-state index is 13.6. The van der Waals surface area contributed by atoms with Gasteiger partial charge in [-0.25, -0.2) is 9.69 Å². The zero-order valence-electron chi connectivity index (χ0n) is 20.3. The first kappa shape index (κ1) is 22.6. The van der Waals surface area contributed by atoms with Gasteiger partial charge in [-0.05, 0) is 74.8 Å². The Balaban J connectivity index is 1.17. The number of nitrogens with zero attached hydrogens (tertiary/aromatic N) is 3. The fourth-order valence-electron chi connectivity index (χ4n) is 7.19. The lowest BCUT2D eigenvalue weighted by atomic mass is 9.68. The molecule has 0 aromatic heterocycles. The van der Waals surface area contributed by atoms with Crippen molar-refractivity contribution in [1.82, 2.24) is 15.1 Å². The zero-order valence-corrected chi connectivity index (χ0v) is 20.3. The van der Waals surface area contributed by atoms with E-state index in [-0.39, 0.29) is 24.3 Å². The summed E-state index contributed by atoms with van der Waals surface area (Å²) in [4.78, 5) is 45.2. The summed E-state index contributed by atoms with van der Waals surface area (Å²) in [7, 11) is 1.57. The molecule has 4 aliphatic heterocycles. The fraction of sp³-hybridized carbons (Fsp3) is 0.593. The highest BCUT2D eigenvalue weighted by atomic mass is 16.5. The van der Waals surface area contributed by atoms with Crippen LogP contribution in [0.2, 0.25) is 0 Å². The second-order valence-corrected chi connectivity index (χ2v) is 10.7. The van der Waals surface area contributed by atoms with E-state index >= 15 is 0 Å². The van der Waals surface area contributed by atoms with Gasteiger partial charge in [0.05, 0.1) is 25.3 Å². The Kier molecular flexibility index (Phi) is 5.79. The Bertz CT molecular complexity index is 1050. The monoisotopic (exact) mass is 478 g/mol. The van der Waals surface area contributed by atoms with Gasteiger partial charge in [0.25, 0.3) is 5.91 Å². The van der Waals surface area contributed by atoms with Gasteiger partial charge in [0.15, 0.2) is 0 Å². The molecule has 8 heteroatoms. The number of rotatable bonds is 4. The minimum Gasteiger partial charge on any atom is -0.497 e. The van der Waals surface area contributed by atoms with Gasteiger partial charge in [-0.15, -0.1) is 0 Å². The number of anilines is 1. The van der Waals surface area contributed by atoms with Gasteiger partial charge in [-0.3, -0.25) is 14.5 Å². The number of benzene rings is 1. The van der Waals surface area contributed by atoms with Crippen molar-refractivity contribution < 1.29 is 19.1 Å². The fourth-order valence-corrected chi connectivity index (χ4v) is 7.19. The van der Waals surface area contributed by atoms with Gasteiger partial charge >= 0.3 is 6.03 Å². The number of urea groups is 1. The van der Waals surface area contributed by atoms with E-state index in [1.54, 1.807) is 31.4 Å². The molecule has 3 unspecified atom stereocenters. The van der Waals surface area contributed by atoms with Crippen molar-refractivity contribution in [2.45, 2.75) is 63.1 Å². The quantitative estimate of drug-likeness (QED) is 0.532. The van der Waals surface area contributed by atoms with Gasteiger partial charge in [0.2, 0.25) is 5.91 Å². The molecule has 1 aliphatic carbocycles. The summed E-state index contributed by atoms with van der Waals surface area (Å²) in [5, 5.41) is 2.74. The maximum absolute atomic E-state index is 13.6. The van der Waals surface area contributed by atoms with Crippen molar-refractivity contribution in [2.24, 2.45) is 11.8 Å². The first-order valence-corrected chi connectivity index (χ1v) is 13.1. The minimum atomic E-state index is -0.833. The highest BCUT2D eigenvalue weighted by Gasteiger charge is 2.48. The van der Waals surface area contributed by atoms with Gasteiger partial charge in [-0.1, -0.05) is 18.1 Å². The molecule has 186 valence electrons. The second kappa shape index (κ2) is 8.97. The van der Waals surface area contributed by atoms with Crippen LogP contribution in [0, 0.1) is 11.8 Å². The van der Waals surface area contributed by atoms with E-state index in [9.17, 15) is 14.4 Å². The minimum absolute atomic E-state index is 0.00347. The predicted octanol–water partition coefficient (Wildman–Crippen LogP) is 2.93. The van der Waals surface area contributed by atoms with Crippen molar-refractivity contribution in [3.63, 3.8) is 0 Å². The Labute approximate surface area is 206 Å². The van der Waals surface area contributed by atoms with Crippen molar-refractivity contribution in [2.75, 3.05) is 31.6 Å². The van der Waals surface area contributed by atoms with E-state index in [4.69, 9.17) is 4.74 Å². The number of ether oxygens (including phenoxy) is 1. The second-order valence-electron chi connectivity index (χ2n) is 10.7. The predicted molar refractivity (Wildman–Crippen MR) is 131 cm³/mol. The van der Waals surface area contributed by atoms with Crippen LogP contribution in [-0.2, 0) is 9.59 Å². The molecule has 1 N–H and O–H groups in total. The molecule has 0 radical (unpaired) electrons. The van der Waals surface area contributed by atoms with Gasteiger partial charge in [0.1, 0.15) is 11.8 Å². The number of fused-ring (bicyclic) bond motifs is 6. The largest absolute Gasteiger partial charge is 0.497 e. The van der Waals surface area contributed by atoms with Crippen LogP contribution in [0.3, 0.4) is 0 Å². The van der Waals surface area contributed by atoms with E-state index < -0.39 is 12.1 Å². The van der Waals surface area contributed by atoms with Crippen LogP contribution in [0.15, 0.2) is 35.9 Å². The molecule has 5 atom stereocenters. The summed E-state index contributed by atoms with van der Waals surface area (Å²) in [5.41, 5.74) is 1.90. The lowest BCUT2D eigenvalue weighted by Gasteiger charge is -2.54. The van der Waals surface area contributed by atoms with Gasteiger partial charge in [-0.2, -0.15) is 0 Å². The van der Waals surface area contributed by atoms with E-state index in [0.717, 1.165) is 37.3 Å². The Morgan fingerprint density at radius 1 is 1.11 bits per heavy atom. The summed E-state index contributed by atoms with van der Waals surface area (Å²) in [6.07, 6.45) is 9.58. The number of likely N-dealkylation sites (tertiary alicyclic amines) is 1. The summed E-state index contributed by atoms with van der Waals surface area (Å²) in [5.74, 6) is 1.32. The van der Waals surface area contributed by atoms with Crippen molar-refractivity contribution in [3.05, 3.63) is 35.9 Å². The van der Waals surface area contributed by atoms with Crippen LogP contribution in [0.25, 0.3) is 0 Å². The number of imide groups is 1. The Morgan fingerprint density at radius 2 is 1.94 bits per heavy atom. The smallest absolute Gasteiger partial charge is 0.329 e. The average Bonchev–Trinajstić information content (AvgIpc) is 3.16. The van der Waals surface area contributed by atoms with Crippen molar-refractivity contribution >= 4 is 23.5 Å². The lowest BCUT2D eigenvalue weighted by Crippen LogP contribution is -2.60. The van der Waals surface area contributed by atoms with Crippen molar-refractivity contribution in [3.8, 4) is 5.75 Å². The molecule has 4 heterocycles. The van der Waals surface area contributed by atoms with Crippen LogP contribution < -0.4 is 15.0 Å². The number of carbonyl (C=O) groups excluding carboxylic acids is 3. The van der Waals surface area contributed by atoms with Gasteiger partial charge in [0, 0.05) is 19.1 Å². The highest BCUT2D eigenvalue weighted by molar-refractivity contribution is 6.22. The summed E-state index contributed by atoms with van der Waals surface area (Å²) < 4.78 is 5.17. The van der Waals surface area contributed by atoms with E-state index in [1.165, 1.54) is 31.4 Å². The first-order chi connectivity index (χ1) is 17.0. The number of nitrogens with one attached hydrogen (secondary N) is 1. The van der Waals surface area contributed by atoms with E-state index in [2.05, 4.69) is 16.3 Å². The number of piperidine rings is 3. The van der Waals surface area contributed by atoms with Crippen LogP contribution in [0.4, 0.5) is 10.5 Å². The summed E-state index contributed by atoms with van der Waals surface area (Å²) in [6, 6.07) is 6.28. The number of methoxy groups -OCH3 is 1. The molecular weight excluding hydrogens is 444 g/mol. The standard InChI is InChI=1S/C27H34N4O4/c1-35-21-9-7-20(8-10-21)31-26(33)22(28-27(31)34)15-24(32)30-12-4-5-17-13-18-14-19(25(17)30)16-29-11-3-2-6-23(18)29/h7-10,13,18-19,22-23,25H,2-6,11-12,14-16H2,1H3,(H,28,34)/t18-,19+,22?,23?,25?/m1/s1. The molecule has 35 heavy (non-hydrogen) atoms. The van der Waals surface area contributed by atoms with Crippen molar-refractivity contribution in [1.29, 1.82) is 0 Å². The van der Waals surface area contributed by atoms with Crippen LogP contribution >= 0.6 is 0 Å². The summed E-state index contributed by atoms with van der Waals surface area (Å²) in [6.45, 7) is 2.96. The third-order valence-electron chi connectivity index (χ3n) is 8.71. The maximum Gasteiger partial charge on any atom is 0.329 e. The number of amides is 4. The molecule has 6 rings (SSSR count). The molecule has 8 nitrogen and oxygen atoms in total. The highest BCUT2D eigenvalue weighted by Crippen LogP contribution is 2.45. The zero-order chi connectivity index (χ0) is 24.1. The third-order valence-corrected chi connectivity index (χ3v) is 8.71. The Hall–Kier alpha value is -2.87. The molecule has 1 aromatic rings. The van der Waals surface area contributed by atoms with Crippen LogP contribution in [0.5, 0.6) is 5.75 Å². The topological polar surface area (TPSA) is 82.2 Å². The number of hydrogen-bond acceptors (Lipinski definition) is 5. The SMILES string of the molecule is COc1ccc(N2C(=O)NC(CC(=O)N3CCCC4=C[C@@H]5C[C@@H](CN6CCCCC56)C43)C2=O)cc1. The number of hydrogen-bond donors (Lipinski definition) is 1. The molecule has 0 spiro atoms. The summed E-state index contributed by atoms with van der Waals surface area (Å²) >= 11 is 0.